The molecule has 8 heteroatoms. The van der Waals surface area contributed by atoms with Crippen LogP contribution in [-0.2, 0) is 14.3 Å². The van der Waals surface area contributed by atoms with Crippen LogP contribution in [0.1, 0.15) is 45.4 Å². The monoisotopic (exact) mass is 462 g/mol. The SMILES string of the molecule is CNC(O)C1CC1CC(/C=C(\N)C(C)C1=CCCC=C1)C(=O)NCCCC1OCC(N)CO1. The fourth-order valence-electron chi connectivity index (χ4n) is 4.58. The highest BCUT2D eigenvalue weighted by atomic mass is 16.7. The number of nitrogens with two attached hydrogens (primary N) is 2. The molecule has 1 amide bonds. The molecule has 3 aliphatic rings. The lowest BCUT2D eigenvalue weighted by atomic mass is 9.90. The molecule has 0 aromatic carbocycles. The molecule has 3 rings (SSSR count). The van der Waals surface area contributed by atoms with Gasteiger partial charge in [0.25, 0.3) is 0 Å². The van der Waals surface area contributed by atoms with Crippen molar-refractivity contribution in [3.63, 3.8) is 0 Å². The van der Waals surface area contributed by atoms with E-state index in [0.717, 1.165) is 31.4 Å². The summed E-state index contributed by atoms with van der Waals surface area (Å²) in [5, 5.41) is 16.0. The van der Waals surface area contributed by atoms with Crippen LogP contribution in [0.2, 0.25) is 0 Å². The van der Waals surface area contributed by atoms with Crippen molar-refractivity contribution in [1.82, 2.24) is 10.6 Å². The van der Waals surface area contributed by atoms with Crippen molar-refractivity contribution in [2.24, 2.45) is 35.1 Å². The number of ether oxygens (including phenoxy) is 2. The standard InChI is InChI=1S/C25H42N4O4/c1-16(17-7-4-3-5-8-17)22(27)13-19(11-18-12-21(18)25(31)28-2)24(30)29-10-6-9-23-32-14-20(26)15-33-23/h4,7-8,13,16,18-21,23,25,28,31H,3,5-6,9-12,14-15,26-27H2,1-2H3,(H,29,30)/b22-13-. The molecule has 8 nitrogen and oxygen atoms in total. The third-order valence-electron chi connectivity index (χ3n) is 6.90. The number of carbonyl (C=O) groups is 1. The van der Waals surface area contributed by atoms with Gasteiger partial charge in [-0.25, -0.2) is 0 Å². The topological polar surface area (TPSA) is 132 Å². The molecule has 2 fully saturated rings. The van der Waals surface area contributed by atoms with Crippen LogP contribution in [0.3, 0.4) is 0 Å². The lowest BCUT2D eigenvalue weighted by Gasteiger charge is -2.27. The Morgan fingerprint density at radius 3 is 2.76 bits per heavy atom. The highest BCUT2D eigenvalue weighted by Gasteiger charge is 2.43. The zero-order chi connectivity index (χ0) is 23.8. The van der Waals surface area contributed by atoms with E-state index in [9.17, 15) is 9.90 Å². The Hall–Kier alpha value is -1.71. The summed E-state index contributed by atoms with van der Waals surface area (Å²) in [7, 11) is 1.75. The molecule has 0 radical (unpaired) electrons. The average Bonchev–Trinajstić information content (AvgIpc) is 3.61. The summed E-state index contributed by atoms with van der Waals surface area (Å²) in [5.41, 5.74) is 14.2. The Bertz CT molecular complexity index is 730. The van der Waals surface area contributed by atoms with Crippen molar-refractivity contribution < 1.29 is 19.4 Å². The minimum Gasteiger partial charge on any atom is -0.402 e. The minimum atomic E-state index is -0.528. The number of hydrogen-bond acceptors (Lipinski definition) is 7. The van der Waals surface area contributed by atoms with Gasteiger partial charge in [-0.3, -0.25) is 10.1 Å². The van der Waals surface area contributed by atoms with E-state index in [2.05, 4.69) is 35.8 Å². The molecule has 5 atom stereocenters. The maximum absolute atomic E-state index is 13.1. The van der Waals surface area contributed by atoms with Crippen molar-refractivity contribution in [2.45, 2.75) is 64.0 Å². The lowest BCUT2D eigenvalue weighted by molar-refractivity contribution is -0.188. The molecule has 0 aromatic heterocycles. The molecular formula is C25H42N4O4. The van der Waals surface area contributed by atoms with Gasteiger partial charge in [-0.05, 0) is 50.6 Å². The maximum Gasteiger partial charge on any atom is 0.227 e. The van der Waals surface area contributed by atoms with Crippen LogP contribution in [0.5, 0.6) is 0 Å². The normalized spacial score (nSPS) is 30.3. The second-order valence-electron chi connectivity index (χ2n) is 9.60. The van der Waals surface area contributed by atoms with Crippen LogP contribution in [0.25, 0.3) is 0 Å². The number of rotatable bonds is 12. The van der Waals surface area contributed by atoms with Gasteiger partial charge in [-0.2, -0.15) is 0 Å². The van der Waals surface area contributed by atoms with Gasteiger partial charge >= 0.3 is 0 Å². The average molecular weight is 463 g/mol. The molecule has 0 spiro atoms. The molecule has 5 unspecified atom stereocenters. The van der Waals surface area contributed by atoms with Crippen molar-refractivity contribution in [3.8, 4) is 0 Å². The minimum absolute atomic E-state index is 0.0181. The first-order chi connectivity index (χ1) is 15.9. The second-order valence-corrected chi connectivity index (χ2v) is 9.60. The smallest absolute Gasteiger partial charge is 0.227 e. The molecule has 0 bridgehead atoms. The molecule has 186 valence electrons. The Kier molecular flexibility index (Phi) is 9.94. The van der Waals surface area contributed by atoms with Crippen LogP contribution in [0, 0.1) is 23.7 Å². The first-order valence-electron chi connectivity index (χ1n) is 12.3. The Morgan fingerprint density at radius 2 is 2.09 bits per heavy atom. The summed E-state index contributed by atoms with van der Waals surface area (Å²) in [6, 6.07) is -0.0612. The Morgan fingerprint density at radius 1 is 1.33 bits per heavy atom. The number of amides is 1. The van der Waals surface area contributed by atoms with Gasteiger partial charge in [0.15, 0.2) is 6.29 Å². The van der Waals surface area contributed by atoms with E-state index in [0.29, 0.717) is 38.5 Å². The number of carbonyl (C=O) groups excluding carboxylic acids is 1. The molecule has 1 heterocycles. The highest BCUT2D eigenvalue weighted by Crippen LogP contribution is 2.45. The molecule has 1 saturated carbocycles. The van der Waals surface area contributed by atoms with E-state index in [1.165, 1.54) is 5.57 Å². The van der Waals surface area contributed by atoms with Gasteiger partial charge in [0.05, 0.1) is 25.2 Å². The highest BCUT2D eigenvalue weighted by molar-refractivity contribution is 5.80. The first kappa shape index (κ1) is 25.9. The second kappa shape index (κ2) is 12.7. The predicted octanol–water partition coefficient (Wildman–Crippen LogP) is 1.52. The zero-order valence-corrected chi connectivity index (χ0v) is 20.0. The molecule has 0 aromatic rings. The summed E-state index contributed by atoms with van der Waals surface area (Å²) < 4.78 is 11.1. The van der Waals surface area contributed by atoms with Gasteiger partial charge in [-0.15, -0.1) is 0 Å². The third kappa shape index (κ3) is 7.93. The van der Waals surface area contributed by atoms with Crippen LogP contribution in [-0.4, -0.2) is 56.4 Å². The fraction of sp³-hybridized carbons (Fsp3) is 0.720. The molecule has 1 aliphatic heterocycles. The van der Waals surface area contributed by atoms with E-state index in [1.807, 2.05) is 6.08 Å². The molecule has 1 saturated heterocycles. The zero-order valence-electron chi connectivity index (χ0n) is 20.0. The van der Waals surface area contributed by atoms with Crippen molar-refractivity contribution >= 4 is 5.91 Å². The van der Waals surface area contributed by atoms with Crippen LogP contribution < -0.4 is 22.1 Å². The Balaban J connectivity index is 1.54. The third-order valence-corrected chi connectivity index (χ3v) is 6.90. The first-order valence-corrected chi connectivity index (χ1v) is 12.3. The van der Waals surface area contributed by atoms with Gasteiger partial charge in [-0.1, -0.05) is 31.2 Å². The summed E-state index contributed by atoms with van der Waals surface area (Å²) in [6.07, 6.45) is 12.8. The van der Waals surface area contributed by atoms with E-state index in [1.54, 1.807) is 7.05 Å². The number of allylic oxidation sites excluding steroid dienone is 4. The van der Waals surface area contributed by atoms with E-state index in [4.69, 9.17) is 20.9 Å². The van der Waals surface area contributed by atoms with E-state index in [-0.39, 0.29) is 36.0 Å². The number of hydrogen-bond donors (Lipinski definition) is 5. The van der Waals surface area contributed by atoms with Crippen molar-refractivity contribution in [3.05, 3.63) is 35.6 Å². The molecule has 33 heavy (non-hydrogen) atoms. The number of aliphatic hydroxyl groups is 1. The van der Waals surface area contributed by atoms with Crippen LogP contribution >= 0.6 is 0 Å². The van der Waals surface area contributed by atoms with Crippen molar-refractivity contribution in [1.29, 1.82) is 0 Å². The summed E-state index contributed by atoms with van der Waals surface area (Å²) in [6.45, 7) is 3.65. The number of aliphatic hydroxyl groups excluding tert-OH is 1. The Labute approximate surface area is 197 Å². The quantitative estimate of drug-likeness (QED) is 0.219. The van der Waals surface area contributed by atoms with Crippen LogP contribution in [0.15, 0.2) is 35.6 Å². The van der Waals surface area contributed by atoms with E-state index >= 15 is 0 Å². The van der Waals surface area contributed by atoms with Crippen molar-refractivity contribution in [2.75, 3.05) is 26.8 Å². The van der Waals surface area contributed by atoms with Gasteiger partial charge < -0.3 is 31.4 Å². The summed E-state index contributed by atoms with van der Waals surface area (Å²) >= 11 is 0. The maximum atomic E-state index is 13.1. The lowest BCUT2D eigenvalue weighted by Crippen LogP contribution is -2.41. The van der Waals surface area contributed by atoms with E-state index < -0.39 is 6.23 Å². The van der Waals surface area contributed by atoms with Gasteiger partial charge in [0.2, 0.25) is 5.91 Å². The molecule has 7 N–H and O–H groups in total. The summed E-state index contributed by atoms with van der Waals surface area (Å²) in [5.74, 6) is 0.231. The molecule has 2 aliphatic carbocycles. The van der Waals surface area contributed by atoms with Gasteiger partial charge in [0.1, 0.15) is 6.23 Å². The number of nitrogens with one attached hydrogen (secondary N) is 2. The molecular weight excluding hydrogens is 420 g/mol. The summed E-state index contributed by atoms with van der Waals surface area (Å²) in [4.78, 5) is 13.1. The van der Waals surface area contributed by atoms with Crippen LogP contribution in [0.4, 0.5) is 0 Å². The predicted molar refractivity (Wildman–Crippen MR) is 129 cm³/mol. The largest absolute Gasteiger partial charge is 0.402 e. The van der Waals surface area contributed by atoms with Gasteiger partial charge in [0, 0.05) is 30.5 Å². The fourth-order valence-corrected chi connectivity index (χ4v) is 4.58.